The first-order chi connectivity index (χ1) is 10.9. The lowest BCUT2D eigenvalue weighted by atomic mass is 10.1. The van der Waals surface area contributed by atoms with Crippen molar-refractivity contribution in [2.45, 2.75) is 44.8 Å². The van der Waals surface area contributed by atoms with Crippen molar-refractivity contribution in [1.29, 1.82) is 0 Å². The molecule has 2 fully saturated rings. The highest BCUT2D eigenvalue weighted by molar-refractivity contribution is 7.91. The van der Waals surface area contributed by atoms with Gasteiger partial charge >= 0.3 is 0 Å². The van der Waals surface area contributed by atoms with E-state index in [1.807, 2.05) is 13.1 Å². The van der Waals surface area contributed by atoms with Gasteiger partial charge in [0.05, 0.1) is 23.7 Å². The summed E-state index contributed by atoms with van der Waals surface area (Å²) >= 11 is 0. The molecule has 1 aromatic heterocycles. The Kier molecular flexibility index (Phi) is 4.72. The monoisotopic (exact) mass is 340 g/mol. The SMILES string of the molecule is Cc1cnn(CCC(=O)N[C@H]2CS(=O)(=O)C[C@@H]2N2CCCC2)c1. The topological polar surface area (TPSA) is 84.3 Å². The zero-order valence-electron chi connectivity index (χ0n) is 13.4. The predicted molar refractivity (Wildman–Crippen MR) is 86.8 cm³/mol. The van der Waals surface area contributed by atoms with Crippen LogP contribution in [0.25, 0.3) is 0 Å². The average molecular weight is 340 g/mol. The van der Waals surface area contributed by atoms with Crippen molar-refractivity contribution in [1.82, 2.24) is 20.0 Å². The summed E-state index contributed by atoms with van der Waals surface area (Å²) in [7, 11) is -3.07. The number of amides is 1. The first kappa shape index (κ1) is 16.4. The van der Waals surface area contributed by atoms with Crippen molar-refractivity contribution in [3.05, 3.63) is 18.0 Å². The Morgan fingerprint density at radius 1 is 1.35 bits per heavy atom. The van der Waals surface area contributed by atoms with E-state index < -0.39 is 9.84 Å². The maximum Gasteiger partial charge on any atom is 0.222 e. The Morgan fingerprint density at radius 2 is 2.09 bits per heavy atom. The number of nitrogens with one attached hydrogen (secondary N) is 1. The standard InChI is InChI=1S/C15H24N4O3S/c1-12-8-16-19(9-12)7-4-15(20)17-13-10-23(21,22)11-14(13)18-5-2-3-6-18/h8-9,13-14H,2-7,10-11H2,1H3,(H,17,20)/t13-,14-/m0/s1. The molecule has 2 saturated heterocycles. The second-order valence-corrected chi connectivity index (χ2v) is 8.75. The Bertz CT molecular complexity index is 664. The highest BCUT2D eigenvalue weighted by Gasteiger charge is 2.42. The molecule has 3 rings (SSSR count). The molecule has 7 nitrogen and oxygen atoms in total. The first-order valence-electron chi connectivity index (χ1n) is 8.16. The summed E-state index contributed by atoms with van der Waals surface area (Å²) < 4.78 is 25.7. The van der Waals surface area contributed by atoms with E-state index in [4.69, 9.17) is 0 Å². The number of aromatic nitrogens is 2. The average Bonchev–Trinajstić information content (AvgIpc) is 3.17. The van der Waals surface area contributed by atoms with E-state index in [1.54, 1.807) is 10.9 Å². The molecular weight excluding hydrogens is 316 g/mol. The zero-order valence-corrected chi connectivity index (χ0v) is 14.3. The van der Waals surface area contributed by atoms with E-state index in [1.165, 1.54) is 0 Å². The van der Waals surface area contributed by atoms with Crippen LogP contribution in [0.3, 0.4) is 0 Å². The van der Waals surface area contributed by atoms with Gasteiger partial charge in [-0.3, -0.25) is 14.4 Å². The molecule has 1 aromatic rings. The number of likely N-dealkylation sites (tertiary alicyclic amines) is 1. The Labute approximate surface area is 137 Å². The fourth-order valence-corrected chi connectivity index (χ4v) is 5.44. The molecule has 0 radical (unpaired) electrons. The highest BCUT2D eigenvalue weighted by Crippen LogP contribution is 2.22. The van der Waals surface area contributed by atoms with E-state index in [0.717, 1.165) is 31.5 Å². The fourth-order valence-electron chi connectivity index (χ4n) is 3.48. The quantitative estimate of drug-likeness (QED) is 0.813. The summed E-state index contributed by atoms with van der Waals surface area (Å²) in [6.45, 7) is 4.32. The van der Waals surface area contributed by atoms with Crippen molar-refractivity contribution in [3.8, 4) is 0 Å². The molecule has 2 aliphatic heterocycles. The Hall–Kier alpha value is -1.41. The molecular formula is C15H24N4O3S. The number of carbonyl (C=O) groups excluding carboxylic acids is 1. The molecule has 3 heterocycles. The largest absolute Gasteiger partial charge is 0.351 e. The summed E-state index contributed by atoms with van der Waals surface area (Å²) in [5.74, 6) is 0.112. The molecule has 0 aromatic carbocycles. The third-order valence-electron chi connectivity index (χ3n) is 4.61. The fraction of sp³-hybridized carbons (Fsp3) is 0.733. The van der Waals surface area contributed by atoms with E-state index in [9.17, 15) is 13.2 Å². The van der Waals surface area contributed by atoms with E-state index in [2.05, 4.69) is 15.3 Å². The number of carbonyl (C=O) groups is 1. The minimum atomic E-state index is -3.07. The van der Waals surface area contributed by atoms with Crippen molar-refractivity contribution >= 4 is 15.7 Å². The Morgan fingerprint density at radius 3 is 2.74 bits per heavy atom. The van der Waals surface area contributed by atoms with Crippen LogP contribution in [0.15, 0.2) is 12.4 Å². The van der Waals surface area contributed by atoms with Gasteiger partial charge in [0.2, 0.25) is 5.91 Å². The third kappa shape index (κ3) is 4.11. The van der Waals surface area contributed by atoms with Crippen LogP contribution >= 0.6 is 0 Å². The molecule has 1 N–H and O–H groups in total. The minimum Gasteiger partial charge on any atom is -0.351 e. The van der Waals surface area contributed by atoms with Gasteiger partial charge in [0.15, 0.2) is 9.84 Å². The number of rotatable bonds is 5. The maximum atomic E-state index is 12.2. The van der Waals surface area contributed by atoms with Crippen LogP contribution in [0, 0.1) is 6.92 Å². The molecule has 0 aliphatic carbocycles. The summed E-state index contributed by atoms with van der Waals surface area (Å²) in [5, 5.41) is 7.09. The van der Waals surface area contributed by atoms with Crippen molar-refractivity contribution in [2.75, 3.05) is 24.6 Å². The smallest absolute Gasteiger partial charge is 0.222 e. The van der Waals surface area contributed by atoms with Crippen molar-refractivity contribution in [2.24, 2.45) is 0 Å². The van der Waals surface area contributed by atoms with Gasteiger partial charge in [-0.25, -0.2) is 8.42 Å². The van der Waals surface area contributed by atoms with E-state index in [0.29, 0.717) is 13.0 Å². The van der Waals surface area contributed by atoms with Gasteiger partial charge in [0.1, 0.15) is 0 Å². The predicted octanol–water partition coefficient (Wildman–Crippen LogP) is -0.0408. The van der Waals surface area contributed by atoms with Crippen molar-refractivity contribution < 1.29 is 13.2 Å². The lowest BCUT2D eigenvalue weighted by molar-refractivity contribution is -0.122. The Balaban J connectivity index is 1.57. The molecule has 1 amide bonds. The van der Waals surface area contributed by atoms with Crippen LogP contribution in [-0.4, -0.2) is 65.7 Å². The van der Waals surface area contributed by atoms with Crippen LogP contribution in [0.1, 0.15) is 24.8 Å². The molecule has 2 atom stereocenters. The van der Waals surface area contributed by atoms with Gasteiger partial charge in [-0.2, -0.15) is 5.10 Å². The van der Waals surface area contributed by atoms with Crippen LogP contribution in [0.2, 0.25) is 0 Å². The molecule has 128 valence electrons. The van der Waals surface area contributed by atoms with Gasteiger partial charge in [0.25, 0.3) is 0 Å². The van der Waals surface area contributed by atoms with Crippen LogP contribution in [0.4, 0.5) is 0 Å². The molecule has 0 bridgehead atoms. The summed E-state index contributed by atoms with van der Waals surface area (Å²) in [6, 6.07) is -0.358. The van der Waals surface area contributed by atoms with E-state index in [-0.39, 0.29) is 29.5 Å². The van der Waals surface area contributed by atoms with Crippen LogP contribution < -0.4 is 5.32 Å². The van der Waals surface area contributed by atoms with Gasteiger partial charge < -0.3 is 5.32 Å². The van der Waals surface area contributed by atoms with E-state index >= 15 is 0 Å². The number of sulfone groups is 1. The maximum absolute atomic E-state index is 12.2. The lowest BCUT2D eigenvalue weighted by Gasteiger charge is -2.28. The molecule has 0 spiro atoms. The first-order valence-corrected chi connectivity index (χ1v) is 9.98. The number of hydrogen-bond donors (Lipinski definition) is 1. The minimum absolute atomic E-state index is 0.0563. The molecule has 0 saturated carbocycles. The van der Waals surface area contributed by atoms with Crippen LogP contribution in [0.5, 0.6) is 0 Å². The van der Waals surface area contributed by atoms with Crippen LogP contribution in [-0.2, 0) is 21.2 Å². The normalized spacial score (nSPS) is 27.3. The third-order valence-corrected chi connectivity index (χ3v) is 6.33. The summed E-state index contributed by atoms with van der Waals surface area (Å²) in [5.41, 5.74) is 1.06. The van der Waals surface area contributed by atoms with Crippen molar-refractivity contribution in [3.63, 3.8) is 0 Å². The number of aryl methyl sites for hydroxylation is 2. The molecule has 0 unspecified atom stereocenters. The van der Waals surface area contributed by atoms with Gasteiger partial charge in [-0.1, -0.05) is 0 Å². The molecule has 2 aliphatic rings. The van der Waals surface area contributed by atoms with Gasteiger partial charge in [-0.05, 0) is 38.4 Å². The molecule has 23 heavy (non-hydrogen) atoms. The highest BCUT2D eigenvalue weighted by atomic mass is 32.2. The second kappa shape index (κ2) is 6.60. The zero-order chi connectivity index (χ0) is 16.4. The molecule has 8 heteroatoms. The second-order valence-electron chi connectivity index (χ2n) is 6.59. The summed E-state index contributed by atoms with van der Waals surface area (Å²) in [6.07, 6.45) is 6.17. The van der Waals surface area contributed by atoms with Gasteiger partial charge in [-0.15, -0.1) is 0 Å². The van der Waals surface area contributed by atoms with Gasteiger partial charge in [0, 0.05) is 25.2 Å². The number of nitrogens with zero attached hydrogens (tertiary/aromatic N) is 3. The number of hydrogen-bond acceptors (Lipinski definition) is 5. The lowest BCUT2D eigenvalue weighted by Crippen LogP contribution is -2.50. The summed E-state index contributed by atoms with van der Waals surface area (Å²) in [4.78, 5) is 14.4.